The number of nitrogens with one attached hydrogen (secondary N) is 1. The maximum absolute atomic E-state index is 12.2. The highest BCUT2D eigenvalue weighted by atomic mass is 35.5. The van der Waals surface area contributed by atoms with Crippen molar-refractivity contribution < 1.29 is 0 Å². The highest BCUT2D eigenvalue weighted by Gasteiger charge is 2.18. The fourth-order valence-corrected chi connectivity index (χ4v) is 2.85. The Morgan fingerprint density at radius 1 is 1.32 bits per heavy atom. The summed E-state index contributed by atoms with van der Waals surface area (Å²) in [5.74, 6) is 0.532. The average molecular weight is 336 g/mol. The lowest BCUT2D eigenvalue weighted by Gasteiger charge is -2.23. The lowest BCUT2D eigenvalue weighted by atomic mass is 10.1. The molecule has 2 heterocycles. The Bertz CT molecular complexity index is 798. The van der Waals surface area contributed by atoms with E-state index >= 15 is 0 Å². The predicted octanol–water partition coefficient (Wildman–Crippen LogP) is 3.24. The second-order valence-corrected chi connectivity index (χ2v) is 6.13. The summed E-state index contributed by atoms with van der Waals surface area (Å²) in [6.45, 7) is 1.55. The van der Waals surface area contributed by atoms with Gasteiger partial charge in [-0.2, -0.15) is 0 Å². The predicted molar refractivity (Wildman–Crippen MR) is 90.3 cm³/mol. The Balaban J connectivity index is 1.93. The zero-order chi connectivity index (χ0) is 15.7. The molecule has 0 bridgehead atoms. The average Bonchev–Trinajstić information content (AvgIpc) is 2.49. The van der Waals surface area contributed by atoms with Gasteiger partial charge in [-0.15, -0.1) is 0 Å². The number of hydrogen-bond acceptors (Lipinski definition) is 3. The van der Waals surface area contributed by atoms with Crippen molar-refractivity contribution in [3.05, 3.63) is 61.2 Å². The molecule has 0 radical (unpaired) electrons. The minimum atomic E-state index is -0.0756. The molecule has 0 atom stereocenters. The number of rotatable bonds is 2. The van der Waals surface area contributed by atoms with Crippen LogP contribution in [0, 0.1) is 0 Å². The van der Waals surface area contributed by atoms with Crippen LogP contribution in [0.2, 0.25) is 10.0 Å². The SMILES string of the molecule is CN1CCc2nc(/C=C/c3cccc(Cl)c3Cl)[nH]c(=O)c2C1. The molecule has 1 aliphatic heterocycles. The molecule has 1 N–H and O–H groups in total. The summed E-state index contributed by atoms with van der Waals surface area (Å²) in [7, 11) is 2.00. The summed E-state index contributed by atoms with van der Waals surface area (Å²) in [6.07, 6.45) is 4.33. The molecule has 1 aliphatic rings. The van der Waals surface area contributed by atoms with Crippen LogP contribution in [0.15, 0.2) is 23.0 Å². The van der Waals surface area contributed by atoms with E-state index < -0.39 is 0 Å². The minimum Gasteiger partial charge on any atom is -0.307 e. The smallest absolute Gasteiger partial charge is 0.255 e. The van der Waals surface area contributed by atoms with Crippen LogP contribution >= 0.6 is 23.2 Å². The number of benzene rings is 1. The molecule has 6 heteroatoms. The van der Waals surface area contributed by atoms with Gasteiger partial charge in [-0.1, -0.05) is 35.3 Å². The van der Waals surface area contributed by atoms with Crippen LogP contribution in [-0.4, -0.2) is 28.5 Å². The van der Waals surface area contributed by atoms with Crippen molar-refractivity contribution >= 4 is 35.4 Å². The Kier molecular flexibility index (Phi) is 4.34. The topological polar surface area (TPSA) is 49.0 Å². The summed E-state index contributed by atoms with van der Waals surface area (Å²) in [5, 5.41) is 0.987. The summed E-state index contributed by atoms with van der Waals surface area (Å²) >= 11 is 12.1. The van der Waals surface area contributed by atoms with Gasteiger partial charge in [-0.3, -0.25) is 4.79 Å². The number of aromatic amines is 1. The van der Waals surface area contributed by atoms with Crippen LogP contribution in [0.5, 0.6) is 0 Å². The van der Waals surface area contributed by atoms with E-state index in [1.165, 1.54) is 0 Å². The van der Waals surface area contributed by atoms with Gasteiger partial charge in [0.25, 0.3) is 5.56 Å². The first-order valence-corrected chi connectivity index (χ1v) is 7.73. The van der Waals surface area contributed by atoms with Crippen molar-refractivity contribution in [2.24, 2.45) is 0 Å². The van der Waals surface area contributed by atoms with E-state index in [0.29, 0.717) is 22.4 Å². The molecule has 1 aromatic carbocycles. The maximum atomic E-state index is 12.2. The van der Waals surface area contributed by atoms with E-state index in [1.807, 2.05) is 19.2 Å². The Labute approximate surface area is 138 Å². The summed E-state index contributed by atoms with van der Waals surface area (Å²) in [4.78, 5) is 21.6. The Hall–Kier alpha value is -1.62. The molecule has 0 spiro atoms. The molecule has 1 aromatic heterocycles. The van der Waals surface area contributed by atoms with Crippen molar-refractivity contribution in [2.75, 3.05) is 13.6 Å². The van der Waals surface area contributed by atoms with Gasteiger partial charge in [0.15, 0.2) is 0 Å². The molecule has 114 valence electrons. The minimum absolute atomic E-state index is 0.0756. The van der Waals surface area contributed by atoms with Crippen LogP contribution in [0.1, 0.15) is 22.6 Å². The van der Waals surface area contributed by atoms with Crippen molar-refractivity contribution in [3.63, 3.8) is 0 Å². The third kappa shape index (κ3) is 3.09. The van der Waals surface area contributed by atoms with Gasteiger partial charge in [-0.25, -0.2) is 4.98 Å². The molecule has 22 heavy (non-hydrogen) atoms. The molecule has 3 rings (SSSR count). The normalized spacial score (nSPS) is 15.2. The van der Waals surface area contributed by atoms with E-state index in [2.05, 4.69) is 14.9 Å². The molecular formula is C16H15Cl2N3O. The third-order valence-corrected chi connectivity index (χ3v) is 4.51. The second-order valence-electron chi connectivity index (χ2n) is 5.34. The van der Waals surface area contributed by atoms with E-state index in [4.69, 9.17) is 23.2 Å². The number of aromatic nitrogens is 2. The standard InChI is InChI=1S/C16H15Cl2N3O/c1-21-8-7-13-11(9-21)16(22)20-14(19-13)6-5-10-3-2-4-12(17)15(10)18/h2-6H,7-9H2,1H3,(H,19,20,22)/b6-5+. The first kappa shape index (κ1) is 15.3. The zero-order valence-corrected chi connectivity index (χ0v) is 13.6. The molecular weight excluding hydrogens is 321 g/mol. The number of likely N-dealkylation sites (N-methyl/N-ethyl adjacent to an activating group) is 1. The van der Waals surface area contributed by atoms with Gasteiger partial charge in [0.2, 0.25) is 0 Å². The number of fused-ring (bicyclic) bond motifs is 1. The summed E-state index contributed by atoms with van der Waals surface area (Å²) in [6, 6.07) is 5.42. The van der Waals surface area contributed by atoms with Crippen LogP contribution in [0.25, 0.3) is 12.2 Å². The van der Waals surface area contributed by atoms with Gasteiger partial charge in [0, 0.05) is 19.5 Å². The summed E-state index contributed by atoms with van der Waals surface area (Å²) in [5.41, 5.74) is 2.34. The van der Waals surface area contributed by atoms with Crippen LogP contribution < -0.4 is 5.56 Å². The maximum Gasteiger partial charge on any atom is 0.255 e. The van der Waals surface area contributed by atoms with Crippen LogP contribution in [0.3, 0.4) is 0 Å². The fraction of sp³-hybridized carbons (Fsp3) is 0.250. The van der Waals surface area contributed by atoms with Crippen molar-refractivity contribution in [2.45, 2.75) is 13.0 Å². The van der Waals surface area contributed by atoms with Gasteiger partial charge in [-0.05, 0) is 30.8 Å². The van der Waals surface area contributed by atoms with E-state index in [-0.39, 0.29) is 5.56 Å². The van der Waals surface area contributed by atoms with Gasteiger partial charge < -0.3 is 9.88 Å². The second kappa shape index (κ2) is 6.24. The lowest BCUT2D eigenvalue weighted by molar-refractivity contribution is 0.307. The highest BCUT2D eigenvalue weighted by Crippen LogP contribution is 2.26. The van der Waals surface area contributed by atoms with Crippen LogP contribution in [0.4, 0.5) is 0 Å². The lowest BCUT2D eigenvalue weighted by Crippen LogP contribution is -2.33. The molecule has 0 saturated heterocycles. The molecule has 2 aromatic rings. The van der Waals surface area contributed by atoms with E-state index in [9.17, 15) is 4.79 Å². The van der Waals surface area contributed by atoms with Gasteiger partial charge in [0.1, 0.15) is 5.82 Å². The van der Waals surface area contributed by atoms with Crippen molar-refractivity contribution in [1.29, 1.82) is 0 Å². The van der Waals surface area contributed by atoms with Crippen molar-refractivity contribution in [1.82, 2.24) is 14.9 Å². The highest BCUT2D eigenvalue weighted by molar-refractivity contribution is 6.42. The quantitative estimate of drug-likeness (QED) is 0.916. The van der Waals surface area contributed by atoms with E-state index in [1.54, 1.807) is 18.2 Å². The zero-order valence-electron chi connectivity index (χ0n) is 12.1. The van der Waals surface area contributed by atoms with Crippen molar-refractivity contribution in [3.8, 4) is 0 Å². The molecule has 0 saturated carbocycles. The first-order valence-electron chi connectivity index (χ1n) is 6.97. The number of halogens is 2. The Morgan fingerprint density at radius 2 is 2.14 bits per heavy atom. The molecule has 0 unspecified atom stereocenters. The monoisotopic (exact) mass is 335 g/mol. The van der Waals surface area contributed by atoms with Gasteiger partial charge >= 0.3 is 0 Å². The molecule has 4 nitrogen and oxygen atoms in total. The third-order valence-electron chi connectivity index (χ3n) is 3.68. The largest absolute Gasteiger partial charge is 0.307 e. The molecule has 0 amide bonds. The number of nitrogens with zero attached hydrogens (tertiary/aromatic N) is 2. The summed E-state index contributed by atoms with van der Waals surface area (Å²) < 4.78 is 0. The van der Waals surface area contributed by atoms with E-state index in [0.717, 1.165) is 29.8 Å². The van der Waals surface area contributed by atoms with Gasteiger partial charge in [0.05, 0.1) is 21.3 Å². The number of hydrogen-bond donors (Lipinski definition) is 1. The molecule has 0 aliphatic carbocycles. The fourth-order valence-electron chi connectivity index (χ4n) is 2.48. The molecule has 0 fully saturated rings. The van der Waals surface area contributed by atoms with Crippen LogP contribution in [-0.2, 0) is 13.0 Å². The first-order chi connectivity index (χ1) is 10.5. The Morgan fingerprint density at radius 3 is 2.95 bits per heavy atom. The number of H-pyrrole nitrogens is 1.